The van der Waals surface area contributed by atoms with Gasteiger partial charge in [-0.15, -0.1) is 0 Å². The Bertz CT molecular complexity index is 980. The van der Waals surface area contributed by atoms with Crippen LogP contribution in [0.2, 0.25) is 0 Å². The van der Waals surface area contributed by atoms with Gasteiger partial charge >= 0.3 is 0 Å². The highest BCUT2D eigenvalue weighted by atomic mass is 16.5. The fourth-order valence-electron chi connectivity index (χ4n) is 4.08. The SMILES string of the molecule is CC1CN(C(=O)c2ccc(CN3C(=O)COc4ccc(C(C)(C)C)cc43)o2)CC(C)O1. The summed E-state index contributed by atoms with van der Waals surface area (Å²) in [5, 5.41) is 0. The van der Waals surface area contributed by atoms with Gasteiger partial charge in [-0.1, -0.05) is 26.8 Å². The molecule has 1 aromatic heterocycles. The lowest BCUT2D eigenvalue weighted by atomic mass is 9.86. The van der Waals surface area contributed by atoms with Crippen molar-refractivity contribution < 1.29 is 23.5 Å². The van der Waals surface area contributed by atoms with Gasteiger partial charge in [-0.05, 0) is 49.1 Å². The summed E-state index contributed by atoms with van der Waals surface area (Å²) >= 11 is 0. The number of anilines is 1. The van der Waals surface area contributed by atoms with Crippen molar-refractivity contribution in [1.82, 2.24) is 4.90 Å². The number of fused-ring (bicyclic) bond motifs is 1. The van der Waals surface area contributed by atoms with E-state index < -0.39 is 0 Å². The predicted octanol–water partition coefficient (Wildman–Crippen LogP) is 3.75. The standard InChI is InChI=1S/C24H30N2O5/c1-15-11-25(12-16(2)30-15)23(28)21-9-7-18(31-21)13-26-19-10-17(24(3,4)5)6-8-20(19)29-14-22(26)27/h6-10,15-16H,11-14H2,1-5H3. The molecule has 1 saturated heterocycles. The highest BCUT2D eigenvalue weighted by Gasteiger charge is 2.30. The Balaban J connectivity index is 1.55. The van der Waals surface area contributed by atoms with Crippen LogP contribution in [-0.4, -0.2) is 48.6 Å². The van der Waals surface area contributed by atoms with Crippen LogP contribution in [-0.2, 0) is 21.5 Å². The third kappa shape index (κ3) is 4.46. The summed E-state index contributed by atoms with van der Waals surface area (Å²) in [6.07, 6.45) is -0.0248. The van der Waals surface area contributed by atoms with E-state index in [1.807, 2.05) is 32.0 Å². The normalized spacial score (nSPS) is 21.6. The van der Waals surface area contributed by atoms with E-state index in [4.69, 9.17) is 13.9 Å². The third-order valence-corrected chi connectivity index (χ3v) is 5.66. The molecule has 1 fully saturated rings. The van der Waals surface area contributed by atoms with Crippen LogP contribution >= 0.6 is 0 Å². The van der Waals surface area contributed by atoms with Gasteiger partial charge in [-0.3, -0.25) is 14.5 Å². The molecule has 7 heteroatoms. The van der Waals surface area contributed by atoms with Gasteiger partial charge in [-0.2, -0.15) is 0 Å². The number of carbonyl (C=O) groups excluding carboxylic acids is 2. The van der Waals surface area contributed by atoms with E-state index >= 15 is 0 Å². The molecule has 0 saturated carbocycles. The predicted molar refractivity (Wildman–Crippen MR) is 116 cm³/mol. The molecule has 2 aromatic rings. The van der Waals surface area contributed by atoms with Gasteiger partial charge in [0.15, 0.2) is 12.4 Å². The third-order valence-electron chi connectivity index (χ3n) is 5.66. The number of furan rings is 1. The second-order valence-corrected chi connectivity index (χ2v) is 9.43. The van der Waals surface area contributed by atoms with Crippen LogP contribution in [0, 0.1) is 0 Å². The fraction of sp³-hybridized carbons (Fsp3) is 0.500. The van der Waals surface area contributed by atoms with Crippen molar-refractivity contribution in [1.29, 1.82) is 0 Å². The average Bonchev–Trinajstić information content (AvgIpc) is 3.16. The van der Waals surface area contributed by atoms with E-state index in [1.165, 1.54) is 0 Å². The quantitative estimate of drug-likeness (QED) is 0.747. The second kappa shape index (κ2) is 8.04. The lowest BCUT2D eigenvalue weighted by molar-refractivity contribution is -0.121. The van der Waals surface area contributed by atoms with Crippen LogP contribution in [0.15, 0.2) is 34.7 Å². The van der Waals surface area contributed by atoms with Gasteiger partial charge in [0.2, 0.25) is 0 Å². The molecule has 0 radical (unpaired) electrons. The largest absolute Gasteiger partial charge is 0.482 e. The minimum atomic E-state index is -0.156. The van der Waals surface area contributed by atoms with Gasteiger partial charge < -0.3 is 18.8 Å². The molecule has 2 amide bonds. The van der Waals surface area contributed by atoms with Crippen molar-refractivity contribution in [3.8, 4) is 5.75 Å². The summed E-state index contributed by atoms with van der Waals surface area (Å²) in [7, 11) is 0. The van der Waals surface area contributed by atoms with Crippen molar-refractivity contribution in [2.45, 2.75) is 58.8 Å². The van der Waals surface area contributed by atoms with Crippen molar-refractivity contribution in [2.75, 3.05) is 24.6 Å². The lowest BCUT2D eigenvalue weighted by Crippen LogP contribution is -2.48. The molecule has 2 atom stereocenters. The first-order chi connectivity index (χ1) is 14.6. The summed E-state index contributed by atoms with van der Waals surface area (Å²) in [5.74, 6) is 1.21. The van der Waals surface area contributed by atoms with Gasteiger partial charge in [0.1, 0.15) is 11.5 Å². The zero-order valence-corrected chi connectivity index (χ0v) is 18.8. The maximum atomic E-state index is 12.9. The van der Waals surface area contributed by atoms with Crippen LogP contribution < -0.4 is 9.64 Å². The van der Waals surface area contributed by atoms with Crippen LogP contribution in [0.4, 0.5) is 5.69 Å². The van der Waals surface area contributed by atoms with Gasteiger partial charge in [-0.25, -0.2) is 0 Å². The zero-order chi connectivity index (χ0) is 22.3. The van der Waals surface area contributed by atoms with E-state index in [9.17, 15) is 9.59 Å². The number of morpholine rings is 1. The lowest BCUT2D eigenvalue weighted by Gasteiger charge is -2.34. The minimum absolute atomic E-state index is 0.0124. The van der Waals surface area contributed by atoms with Crippen LogP contribution in [0.1, 0.15) is 56.5 Å². The first kappa shape index (κ1) is 21.4. The van der Waals surface area contributed by atoms with E-state index in [0.29, 0.717) is 24.6 Å². The number of hydrogen-bond acceptors (Lipinski definition) is 5. The number of carbonyl (C=O) groups is 2. The van der Waals surface area contributed by atoms with Crippen LogP contribution in [0.5, 0.6) is 5.75 Å². The monoisotopic (exact) mass is 426 g/mol. The smallest absolute Gasteiger partial charge is 0.289 e. The Labute approximate surface area is 182 Å². The Morgan fingerprint density at radius 3 is 2.48 bits per heavy atom. The van der Waals surface area contributed by atoms with Crippen LogP contribution in [0.3, 0.4) is 0 Å². The summed E-state index contributed by atoms with van der Waals surface area (Å²) in [6.45, 7) is 11.6. The average molecular weight is 427 g/mol. The molecule has 31 heavy (non-hydrogen) atoms. The summed E-state index contributed by atoms with van der Waals surface area (Å²) in [6, 6.07) is 9.38. The second-order valence-electron chi connectivity index (χ2n) is 9.43. The summed E-state index contributed by atoms with van der Waals surface area (Å²) < 4.78 is 17.2. The first-order valence-corrected chi connectivity index (χ1v) is 10.7. The highest BCUT2D eigenvalue weighted by molar-refractivity contribution is 5.98. The molecule has 2 aliphatic rings. The fourth-order valence-corrected chi connectivity index (χ4v) is 4.08. The van der Waals surface area contributed by atoms with Gasteiger partial charge in [0, 0.05) is 13.1 Å². The molecule has 1 aromatic carbocycles. The van der Waals surface area contributed by atoms with Crippen molar-refractivity contribution in [3.05, 3.63) is 47.4 Å². The molecule has 7 nitrogen and oxygen atoms in total. The highest BCUT2D eigenvalue weighted by Crippen LogP contribution is 2.37. The number of amides is 2. The number of nitrogens with zero attached hydrogens (tertiary/aromatic N) is 2. The topological polar surface area (TPSA) is 72.2 Å². The van der Waals surface area contributed by atoms with E-state index in [2.05, 4.69) is 20.8 Å². The molecule has 2 aliphatic heterocycles. The first-order valence-electron chi connectivity index (χ1n) is 10.7. The van der Waals surface area contributed by atoms with Crippen molar-refractivity contribution in [2.24, 2.45) is 0 Å². The molecule has 0 aliphatic carbocycles. The van der Waals surface area contributed by atoms with Crippen molar-refractivity contribution >= 4 is 17.5 Å². The van der Waals surface area contributed by atoms with Crippen LogP contribution in [0.25, 0.3) is 0 Å². The van der Waals surface area contributed by atoms with Gasteiger partial charge in [0.25, 0.3) is 11.8 Å². The minimum Gasteiger partial charge on any atom is -0.482 e. The van der Waals surface area contributed by atoms with Gasteiger partial charge in [0.05, 0.1) is 24.4 Å². The van der Waals surface area contributed by atoms with E-state index in [1.54, 1.807) is 21.9 Å². The maximum Gasteiger partial charge on any atom is 0.289 e. The molecule has 0 spiro atoms. The zero-order valence-electron chi connectivity index (χ0n) is 18.8. The number of rotatable bonds is 3. The number of hydrogen-bond donors (Lipinski definition) is 0. The van der Waals surface area contributed by atoms with Crippen molar-refractivity contribution in [3.63, 3.8) is 0 Å². The maximum absolute atomic E-state index is 12.9. The number of ether oxygens (including phenoxy) is 2. The molecular formula is C24H30N2O5. The number of benzene rings is 1. The summed E-state index contributed by atoms with van der Waals surface area (Å²) in [4.78, 5) is 29.0. The Morgan fingerprint density at radius 1 is 1.10 bits per heavy atom. The van der Waals surface area contributed by atoms with E-state index in [0.717, 1.165) is 11.3 Å². The molecule has 0 N–H and O–H groups in total. The molecule has 2 unspecified atom stereocenters. The molecular weight excluding hydrogens is 396 g/mol. The Kier molecular flexibility index (Phi) is 5.56. The summed E-state index contributed by atoms with van der Waals surface area (Å²) in [5.41, 5.74) is 1.78. The molecule has 166 valence electrons. The van der Waals surface area contributed by atoms with E-state index in [-0.39, 0.29) is 48.3 Å². The molecule has 4 rings (SSSR count). The Morgan fingerprint density at radius 2 is 1.81 bits per heavy atom. The molecule has 0 bridgehead atoms. The molecule has 3 heterocycles. The Hall–Kier alpha value is -2.80.